The SMILES string of the molecule is Cc1ccc(N)cc1C(=O)NC1CCCc2ccccc21.Cl. The standard InChI is InChI=1S/C18H20N2O.ClH/c1-12-9-10-14(19)11-16(12)18(21)20-17-8-4-6-13-5-2-3-7-15(13)17;/h2-3,5,7,9-11,17H,4,6,8,19H2,1H3,(H,20,21);1H. The predicted octanol–water partition coefficient (Wildman–Crippen LogP) is 3.81. The first kappa shape index (κ1) is 16.4. The zero-order valence-electron chi connectivity index (χ0n) is 12.6. The van der Waals surface area contributed by atoms with Gasteiger partial charge in [0.25, 0.3) is 5.91 Å². The third kappa shape index (κ3) is 3.25. The van der Waals surface area contributed by atoms with Crippen LogP contribution in [0.15, 0.2) is 42.5 Å². The summed E-state index contributed by atoms with van der Waals surface area (Å²) in [5.74, 6) is -0.0403. The average molecular weight is 317 g/mol. The lowest BCUT2D eigenvalue weighted by Crippen LogP contribution is -2.31. The lowest BCUT2D eigenvalue weighted by Gasteiger charge is -2.26. The molecule has 3 N–H and O–H groups in total. The van der Waals surface area contributed by atoms with Crippen LogP contribution in [0, 0.1) is 6.92 Å². The van der Waals surface area contributed by atoms with E-state index in [1.54, 1.807) is 6.07 Å². The Balaban J connectivity index is 0.00000176. The van der Waals surface area contributed by atoms with Crippen LogP contribution >= 0.6 is 12.4 Å². The van der Waals surface area contributed by atoms with Crippen molar-refractivity contribution in [3.05, 3.63) is 64.7 Å². The first-order valence-corrected chi connectivity index (χ1v) is 7.40. The summed E-state index contributed by atoms with van der Waals surface area (Å²) >= 11 is 0. The van der Waals surface area contributed by atoms with Crippen molar-refractivity contribution in [1.29, 1.82) is 0 Å². The number of anilines is 1. The van der Waals surface area contributed by atoms with E-state index < -0.39 is 0 Å². The van der Waals surface area contributed by atoms with Crippen LogP contribution in [0.5, 0.6) is 0 Å². The van der Waals surface area contributed by atoms with Gasteiger partial charge in [-0.2, -0.15) is 0 Å². The molecule has 1 amide bonds. The van der Waals surface area contributed by atoms with E-state index in [9.17, 15) is 4.79 Å². The maximum Gasteiger partial charge on any atom is 0.252 e. The van der Waals surface area contributed by atoms with Crippen LogP contribution < -0.4 is 11.1 Å². The van der Waals surface area contributed by atoms with Crippen molar-refractivity contribution in [2.24, 2.45) is 0 Å². The van der Waals surface area contributed by atoms with Gasteiger partial charge in [-0.1, -0.05) is 30.3 Å². The number of nitrogens with two attached hydrogens (primary N) is 1. The number of nitrogens with one attached hydrogen (secondary N) is 1. The van der Waals surface area contributed by atoms with E-state index in [0.29, 0.717) is 11.3 Å². The van der Waals surface area contributed by atoms with Crippen molar-refractivity contribution in [2.45, 2.75) is 32.2 Å². The van der Waals surface area contributed by atoms with Crippen LogP contribution in [-0.2, 0) is 6.42 Å². The van der Waals surface area contributed by atoms with Gasteiger partial charge in [0.2, 0.25) is 0 Å². The van der Waals surface area contributed by atoms with Crippen molar-refractivity contribution in [3.63, 3.8) is 0 Å². The number of rotatable bonds is 2. The molecular weight excluding hydrogens is 296 g/mol. The topological polar surface area (TPSA) is 55.1 Å². The van der Waals surface area contributed by atoms with Crippen molar-refractivity contribution >= 4 is 24.0 Å². The minimum atomic E-state index is -0.0403. The molecule has 0 saturated carbocycles. The van der Waals surface area contributed by atoms with Crippen molar-refractivity contribution in [2.75, 3.05) is 5.73 Å². The molecule has 3 rings (SSSR count). The van der Waals surface area contributed by atoms with Crippen molar-refractivity contribution in [3.8, 4) is 0 Å². The molecule has 0 aliphatic heterocycles. The molecule has 0 fully saturated rings. The number of nitrogen functional groups attached to an aromatic ring is 1. The van der Waals surface area contributed by atoms with Gasteiger partial charge in [0, 0.05) is 11.3 Å². The molecule has 1 unspecified atom stereocenters. The van der Waals surface area contributed by atoms with Crippen molar-refractivity contribution in [1.82, 2.24) is 5.32 Å². The molecule has 1 aliphatic rings. The van der Waals surface area contributed by atoms with Gasteiger partial charge in [0.1, 0.15) is 0 Å². The Hall–Kier alpha value is -2.00. The molecule has 2 aromatic carbocycles. The van der Waals surface area contributed by atoms with E-state index >= 15 is 0 Å². The Kier molecular flexibility index (Phi) is 5.09. The molecule has 0 radical (unpaired) electrons. The number of carbonyl (C=O) groups is 1. The number of hydrogen-bond donors (Lipinski definition) is 2. The molecule has 2 aromatic rings. The molecule has 1 aliphatic carbocycles. The second-order valence-corrected chi connectivity index (χ2v) is 5.69. The summed E-state index contributed by atoms with van der Waals surface area (Å²) in [6.45, 7) is 1.93. The predicted molar refractivity (Wildman–Crippen MR) is 92.4 cm³/mol. The fourth-order valence-electron chi connectivity index (χ4n) is 3.02. The highest BCUT2D eigenvalue weighted by molar-refractivity contribution is 5.96. The van der Waals surface area contributed by atoms with E-state index in [-0.39, 0.29) is 24.4 Å². The molecule has 116 valence electrons. The Morgan fingerprint density at radius 1 is 1.23 bits per heavy atom. The van der Waals surface area contributed by atoms with Crippen LogP contribution in [-0.4, -0.2) is 5.91 Å². The van der Waals surface area contributed by atoms with Gasteiger partial charge in [-0.05, 0) is 55.0 Å². The number of amides is 1. The smallest absolute Gasteiger partial charge is 0.252 e. The average Bonchev–Trinajstić information content (AvgIpc) is 2.50. The van der Waals surface area contributed by atoms with Gasteiger partial charge < -0.3 is 11.1 Å². The molecule has 0 spiro atoms. The van der Waals surface area contributed by atoms with E-state index in [0.717, 1.165) is 24.8 Å². The largest absolute Gasteiger partial charge is 0.399 e. The fourth-order valence-corrected chi connectivity index (χ4v) is 3.02. The molecule has 3 nitrogen and oxygen atoms in total. The van der Waals surface area contributed by atoms with E-state index in [1.165, 1.54) is 11.1 Å². The summed E-state index contributed by atoms with van der Waals surface area (Å²) < 4.78 is 0. The molecule has 0 bridgehead atoms. The summed E-state index contributed by atoms with van der Waals surface area (Å²) in [5.41, 5.74) is 10.6. The Labute approximate surface area is 137 Å². The molecule has 0 heterocycles. The third-order valence-electron chi connectivity index (χ3n) is 4.18. The lowest BCUT2D eigenvalue weighted by molar-refractivity contribution is 0.0932. The maximum absolute atomic E-state index is 12.5. The number of carbonyl (C=O) groups excluding carboxylic acids is 1. The van der Waals surface area contributed by atoms with E-state index in [2.05, 4.69) is 23.5 Å². The van der Waals surface area contributed by atoms with Gasteiger partial charge in [-0.25, -0.2) is 0 Å². The molecule has 0 aromatic heterocycles. The quantitative estimate of drug-likeness (QED) is 0.828. The summed E-state index contributed by atoms with van der Waals surface area (Å²) in [4.78, 5) is 12.5. The zero-order valence-corrected chi connectivity index (χ0v) is 13.5. The molecule has 4 heteroatoms. The van der Waals surface area contributed by atoms with E-state index in [1.807, 2.05) is 25.1 Å². The van der Waals surface area contributed by atoms with Crippen LogP contribution in [0.25, 0.3) is 0 Å². The number of fused-ring (bicyclic) bond motifs is 1. The number of halogens is 1. The fraction of sp³-hybridized carbons (Fsp3) is 0.278. The highest BCUT2D eigenvalue weighted by Gasteiger charge is 2.22. The van der Waals surface area contributed by atoms with E-state index in [4.69, 9.17) is 5.73 Å². The third-order valence-corrected chi connectivity index (χ3v) is 4.18. The zero-order chi connectivity index (χ0) is 14.8. The number of benzene rings is 2. The summed E-state index contributed by atoms with van der Waals surface area (Å²) in [5, 5.41) is 3.16. The minimum Gasteiger partial charge on any atom is -0.399 e. The Bertz CT molecular complexity index is 685. The van der Waals surface area contributed by atoms with Gasteiger partial charge in [0.05, 0.1) is 6.04 Å². The highest BCUT2D eigenvalue weighted by Crippen LogP contribution is 2.29. The highest BCUT2D eigenvalue weighted by atomic mass is 35.5. The first-order valence-electron chi connectivity index (χ1n) is 7.40. The summed E-state index contributed by atoms with van der Waals surface area (Å²) in [6, 6.07) is 13.9. The Morgan fingerprint density at radius 2 is 2.00 bits per heavy atom. The van der Waals surface area contributed by atoms with Gasteiger partial charge in [-0.15, -0.1) is 12.4 Å². The monoisotopic (exact) mass is 316 g/mol. The number of hydrogen-bond acceptors (Lipinski definition) is 2. The van der Waals surface area contributed by atoms with Gasteiger partial charge in [-0.3, -0.25) is 4.79 Å². The summed E-state index contributed by atoms with van der Waals surface area (Å²) in [7, 11) is 0. The molecule has 0 saturated heterocycles. The van der Waals surface area contributed by atoms with Gasteiger partial charge in [0.15, 0.2) is 0 Å². The first-order chi connectivity index (χ1) is 10.1. The molecular formula is C18H21ClN2O. The van der Waals surface area contributed by atoms with Crippen LogP contribution in [0.1, 0.15) is 45.9 Å². The second-order valence-electron chi connectivity index (χ2n) is 5.69. The van der Waals surface area contributed by atoms with Gasteiger partial charge >= 0.3 is 0 Å². The summed E-state index contributed by atoms with van der Waals surface area (Å²) in [6.07, 6.45) is 3.20. The molecule has 22 heavy (non-hydrogen) atoms. The van der Waals surface area contributed by atoms with Crippen LogP contribution in [0.4, 0.5) is 5.69 Å². The molecule has 1 atom stereocenters. The normalized spacial score (nSPS) is 16.3. The second kappa shape index (κ2) is 6.84. The Morgan fingerprint density at radius 3 is 2.82 bits per heavy atom. The maximum atomic E-state index is 12.5. The minimum absolute atomic E-state index is 0. The lowest BCUT2D eigenvalue weighted by atomic mass is 9.87. The van der Waals surface area contributed by atoms with Crippen LogP contribution in [0.3, 0.4) is 0 Å². The van der Waals surface area contributed by atoms with Crippen molar-refractivity contribution < 1.29 is 4.79 Å². The number of aryl methyl sites for hydroxylation is 2. The van der Waals surface area contributed by atoms with Crippen LogP contribution in [0.2, 0.25) is 0 Å².